The van der Waals surface area contributed by atoms with Crippen molar-refractivity contribution in [3.8, 4) is 0 Å². The van der Waals surface area contributed by atoms with Crippen LogP contribution in [0.15, 0.2) is 0 Å². The Morgan fingerprint density at radius 1 is 1.86 bits per heavy atom. The van der Waals surface area contributed by atoms with Gasteiger partial charge in [0, 0.05) is 5.75 Å². The molecule has 0 unspecified atom stereocenters. The molecule has 2 nitrogen and oxygen atoms in total. The predicted octanol–water partition coefficient (Wildman–Crippen LogP) is -0.551. The zero-order chi connectivity index (χ0) is 4.99. The summed E-state index contributed by atoms with van der Waals surface area (Å²) >= 11 is 1.46. The molecule has 44 valence electrons. The molecule has 0 rings (SSSR count). The lowest BCUT2D eigenvalue weighted by molar-refractivity contribution is -0.110. The standard InChI is InChI=1S/C3H8N2S.CH4/c1-2-6-3(4)5;/h2H2,1H3,(H3,4,5);1H4/p+1. The van der Waals surface area contributed by atoms with Gasteiger partial charge in [0.1, 0.15) is 0 Å². The summed E-state index contributed by atoms with van der Waals surface area (Å²) in [6, 6.07) is 0. The molecule has 0 saturated carbocycles. The number of hydrogen-bond donors (Lipinski definition) is 2. The Morgan fingerprint density at radius 2 is 2.29 bits per heavy atom. The van der Waals surface area contributed by atoms with Crippen molar-refractivity contribution in [3.63, 3.8) is 0 Å². The molecule has 4 N–H and O–H groups in total. The quantitative estimate of drug-likeness (QED) is 0.361. The zero-order valence-corrected chi connectivity index (χ0v) is 4.59. The SMILES string of the molecule is C.CCSC(N)=[NH2+]. The molecule has 0 heterocycles. The normalized spacial score (nSPS) is 7.00. The van der Waals surface area contributed by atoms with Gasteiger partial charge in [-0.3, -0.25) is 11.1 Å². The second-order valence-electron chi connectivity index (χ2n) is 0.835. The summed E-state index contributed by atoms with van der Waals surface area (Å²) in [6.07, 6.45) is 0. The minimum atomic E-state index is 0. The van der Waals surface area contributed by atoms with Crippen LogP contribution in [-0.4, -0.2) is 10.9 Å². The molecular weight excluding hydrogens is 108 g/mol. The van der Waals surface area contributed by atoms with Gasteiger partial charge in [-0.1, -0.05) is 14.4 Å². The van der Waals surface area contributed by atoms with Gasteiger partial charge < -0.3 is 0 Å². The van der Waals surface area contributed by atoms with Crippen molar-refractivity contribution in [3.05, 3.63) is 0 Å². The molecule has 0 atom stereocenters. The summed E-state index contributed by atoms with van der Waals surface area (Å²) in [6.45, 7) is 2.00. The van der Waals surface area contributed by atoms with E-state index in [1.807, 2.05) is 6.92 Å². The average molecular weight is 121 g/mol. The Balaban J connectivity index is 0. The fourth-order valence-corrected chi connectivity index (χ4v) is 0.500. The van der Waals surface area contributed by atoms with Gasteiger partial charge in [0.15, 0.2) is 0 Å². The number of hydrogen-bond acceptors (Lipinski definition) is 1. The van der Waals surface area contributed by atoms with E-state index in [0.29, 0.717) is 5.17 Å². The Hall–Kier alpha value is -0.180. The molecule has 0 spiro atoms. The highest BCUT2D eigenvalue weighted by Crippen LogP contribution is 1.89. The maximum absolute atomic E-state index is 5.06. The second kappa shape index (κ2) is 5.82. The highest BCUT2D eigenvalue weighted by atomic mass is 32.2. The Morgan fingerprint density at radius 3 is 2.29 bits per heavy atom. The second-order valence-corrected chi connectivity index (χ2v) is 2.17. The maximum atomic E-state index is 5.06. The highest BCUT2D eigenvalue weighted by Gasteiger charge is 1.87. The van der Waals surface area contributed by atoms with E-state index in [9.17, 15) is 0 Å². The molecular formula is C4H13N2S+. The summed E-state index contributed by atoms with van der Waals surface area (Å²) in [7, 11) is 0. The van der Waals surface area contributed by atoms with Crippen LogP contribution in [0.1, 0.15) is 14.4 Å². The van der Waals surface area contributed by atoms with Gasteiger partial charge in [-0.05, 0) is 11.8 Å². The molecule has 0 radical (unpaired) electrons. The van der Waals surface area contributed by atoms with Crippen LogP contribution in [0, 0.1) is 0 Å². The van der Waals surface area contributed by atoms with E-state index in [2.05, 4.69) is 0 Å². The third kappa shape index (κ3) is 10.7. The monoisotopic (exact) mass is 121 g/mol. The van der Waals surface area contributed by atoms with Crippen LogP contribution in [0.5, 0.6) is 0 Å². The van der Waals surface area contributed by atoms with Gasteiger partial charge in [0.05, 0.1) is 0 Å². The number of amidine groups is 1. The fourth-order valence-electron chi connectivity index (χ4n) is 0.167. The smallest absolute Gasteiger partial charge is 0.282 e. The first-order valence-electron chi connectivity index (χ1n) is 1.78. The first kappa shape index (κ1) is 9.94. The Bertz CT molecular complexity index is 53.7. The fraction of sp³-hybridized carbons (Fsp3) is 0.750. The minimum absolute atomic E-state index is 0. The zero-order valence-electron chi connectivity index (χ0n) is 3.77. The topological polar surface area (TPSA) is 51.6 Å². The largest absolute Gasteiger partial charge is 0.299 e. The van der Waals surface area contributed by atoms with E-state index in [1.54, 1.807) is 0 Å². The molecule has 0 aromatic heterocycles. The van der Waals surface area contributed by atoms with E-state index in [0.717, 1.165) is 5.75 Å². The van der Waals surface area contributed by atoms with E-state index < -0.39 is 0 Å². The predicted molar refractivity (Wildman–Crippen MR) is 36.0 cm³/mol. The molecule has 0 aromatic rings. The van der Waals surface area contributed by atoms with Crippen molar-refractivity contribution in [2.75, 3.05) is 5.75 Å². The van der Waals surface area contributed by atoms with Crippen molar-refractivity contribution < 1.29 is 5.41 Å². The lowest BCUT2D eigenvalue weighted by atomic mass is 11.0. The molecule has 0 aromatic carbocycles. The van der Waals surface area contributed by atoms with Gasteiger partial charge in [0.25, 0.3) is 5.17 Å². The molecule has 0 saturated heterocycles. The molecule has 0 aliphatic heterocycles. The van der Waals surface area contributed by atoms with Crippen LogP contribution in [0.2, 0.25) is 0 Å². The van der Waals surface area contributed by atoms with Crippen LogP contribution >= 0.6 is 11.8 Å². The number of thioether (sulfide) groups is 1. The lowest BCUT2D eigenvalue weighted by Crippen LogP contribution is -2.43. The molecule has 0 bridgehead atoms. The molecule has 0 amide bonds. The number of nitrogens with two attached hydrogens (primary N) is 2. The van der Waals surface area contributed by atoms with Crippen LogP contribution in [0.3, 0.4) is 0 Å². The number of rotatable bonds is 1. The van der Waals surface area contributed by atoms with Gasteiger partial charge in [0.2, 0.25) is 0 Å². The first-order chi connectivity index (χ1) is 2.77. The van der Waals surface area contributed by atoms with Crippen molar-refractivity contribution in [1.29, 1.82) is 0 Å². The van der Waals surface area contributed by atoms with Crippen molar-refractivity contribution in [2.24, 2.45) is 5.73 Å². The molecule has 0 fully saturated rings. The Kier molecular flexibility index (Phi) is 8.27. The van der Waals surface area contributed by atoms with Crippen LogP contribution < -0.4 is 11.1 Å². The van der Waals surface area contributed by atoms with Gasteiger partial charge in [-0.2, -0.15) is 0 Å². The summed E-state index contributed by atoms with van der Waals surface area (Å²) in [5.41, 5.74) is 5.06. The third-order valence-corrected chi connectivity index (χ3v) is 0.933. The molecule has 0 aliphatic rings. The highest BCUT2D eigenvalue weighted by molar-refractivity contribution is 8.13. The lowest BCUT2D eigenvalue weighted by Gasteiger charge is -1.78. The van der Waals surface area contributed by atoms with Gasteiger partial charge in [-0.25, -0.2) is 0 Å². The third-order valence-electron chi connectivity index (χ3n) is 0.311. The van der Waals surface area contributed by atoms with Gasteiger partial charge >= 0.3 is 0 Å². The van der Waals surface area contributed by atoms with Crippen molar-refractivity contribution in [1.82, 2.24) is 0 Å². The molecule has 7 heavy (non-hydrogen) atoms. The van der Waals surface area contributed by atoms with Crippen molar-refractivity contribution in [2.45, 2.75) is 14.4 Å². The van der Waals surface area contributed by atoms with Crippen LogP contribution in [-0.2, 0) is 0 Å². The molecule has 0 aliphatic carbocycles. The summed E-state index contributed by atoms with van der Waals surface area (Å²) < 4.78 is 0. The van der Waals surface area contributed by atoms with Crippen LogP contribution in [0.4, 0.5) is 0 Å². The van der Waals surface area contributed by atoms with E-state index in [-0.39, 0.29) is 7.43 Å². The maximum Gasteiger partial charge on any atom is 0.299 e. The molecule has 3 heteroatoms. The van der Waals surface area contributed by atoms with E-state index in [4.69, 9.17) is 11.1 Å². The van der Waals surface area contributed by atoms with Crippen molar-refractivity contribution >= 4 is 16.9 Å². The summed E-state index contributed by atoms with van der Waals surface area (Å²) in [5.74, 6) is 0.961. The van der Waals surface area contributed by atoms with Crippen LogP contribution in [0.25, 0.3) is 0 Å². The summed E-state index contributed by atoms with van der Waals surface area (Å²) in [5, 5.41) is 5.52. The summed E-state index contributed by atoms with van der Waals surface area (Å²) in [4.78, 5) is 0. The van der Waals surface area contributed by atoms with E-state index in [1.165, 1.54) is 11.8 Å². The average Bonchev–Trinajstić information content (AvgIpc) is 1.35. The van der Waals surface area contributed by atoms with Gasteiger partial charge in [-0.15, -0.1) is 0 Å². The Labute approximate surface area is 49.0 Å². The minimum Gasteiger partial charge on any atom is -0.282 e. The first-order valence-corrected chi connectivity index (χ1v) is 2.76. The van der Waals surface area contributed by atoms with E-state index >= 15 is 0 Å².